The molecule has 0 bridgehead atoms. The molecule has 14 heteroatoms. The number of amides is 1. The Morgan fingerprint density at radius 2 is 1.65 bits per heavy atom. The van der Waals surface area contributed by atoms with Crippen LogP contribution in [0, 0.1) is 25.5 Å². The number of aromatic nitrogens is 1. The van der Waals surface area contributed by atoms with Crippen LogP contribution in [-0.4, -0.2) is 73.1 Å². The first-order valence-electron chi connectivity index (χ1n) is 14.6. The van der Waals surface area contributed by atoms with Crippen molar-refractivity contribution in [3.63, 3.8) is 0 Å². The number of pyridine rings is 1. The first-order chi connectivity index (χ1) is 22.0. The highest BCUT2D eigenvalue weighted by atomic mass is 32.2. The predicted molar refractivity (Wildman–Crippen MR) is 164 cm³/mol. The van der Waals surface area contributed by atoms with Crippen LogP contribution in [0.3, 0.4) is 0 Å². The summed E-state index contributed by atoms with van der Waals surface area (Å²) in [5.41, 5.74) is 3.83. The van der Waals surface area contributed by atoms with Crippen LogP contribution in [0.5, 0.6) is 5.75 Å². The largest absolute Gasteiger partial charge is 0.489 e. The summed E-state index contributed by atoms with van der Waals surface area (Å²) in [6, 6.07) is 16.8. The fraction of sp³-hybridized carbons (Fsp3) is 0.312. The number of nitrogens with zero attached hydrogens (tertiary/aromatic N) is 3. The number of para-hydroxylation sites is 1. The number of rotatable bonds is 11. The van der Waals surface area contributed by atoms with Gasteiger partial charge in [-0.05, 0) is 55.8 Å². The van der Waals surface area contributed by atoms with E-state index in [1.165, 1.54) is 48.2 Å². The monoisotopic (exact) mass is 657 g/mol. The molecule has 1 saturated heterocycles. The summed E-state index contributed by atoms with van der Waals surface area (Å²) in [6.45, 7) is 3.39. The molecule has 0 aliphatic carbocycles. The summed E-state index contributed by atoms with van der Waals surface area (Å²) in [6.07, 6.45) is -1.92. The van der Waals surface area contributed by atoms with Crippen LogP contribution in [0.15, 0.2) is 71.6 Å². The molecule has 3 N–H and O–H groups in total. The minimum Gasteiger partial charge on any atom is -0.489 e. The average molecular weight is 658 g/mol. The van der Waals surface area contributed by atoms with E-state index in [0.29, 0.717) is 5.75 Å². The Balaban J connectivity index is 1.19. The lowest BCUT2D eigenvalue weighted by molar-refractivity contribution is -0.135. The smallest absolute Gasteiger partial charge is 0.262 e. The molecular weight excluding hydrogens is 623 g/mol. The molecule has 0 radical (unpaired) electrons. The van der Waals surface area contributed by atoms with E-state index < -0.39 is 52.0 Å². The second-order valence-electron chi connectivity index (χ2n) is 11.1. The van der Waals surface area contributed by atoms with E-state index in [1.54, 1.807) is 10.4 Å². The molecule has 46 heavy (non-hydrogen) atoms. The van der Waals surface area contributed by atoms with Gasteiger partial charge in [0, 0.05) is 54.9 Å². The maximum atomic E-state index is 15.2. The minimum atomic E-state index is -4.08. The van der Waals surface area contributed by atoms with Gasteiger partial charge in [0.2, 0.25) is 10.0 Å². The summed E-state index contributed by atoms with van der Waals surface area (Å²) < 4.78 is 78.0. The molecule has 2 unspecified atom stereocenters. The van der Waals surface area contributed by atoms with Gasteiger partial charge >= 0.3 is 0 Å². The molecule has 1 aliphatic rings. The zero-order valence-corrected chi connectivity index (χ0v) is 26.0. The molecule has 4 aromatic rings. The maximum absolute atomic E-state index is 15.2. The van der Waals surface area contributed by atoms with Gasteiger partial charge in [0.1, 0.15) is 18.4 Å². The summed E-state index contributed by atoms with van der Waals surface area (Å²) in [5, 5.41) is 10.3. The normalized spacial score (nSPS) is 15.9. The van der Waals surface area contributed by atoms with Gasteiger partial charge in [-0.25, -0.2) is 31.8 Å². The molecule has 1 amide bonds. The number of alkyl halides is 1. The van der Waals surface area contributed by atoms with Crippen LogP contribution in [0.4, 0.5) is 13.2 Å². The zero-order chi connectivity index (χ0) is 33.0. The minimum absolute atomic E-state index is 0.0361. The van der Waals surface area contributed by atoms with Crippen molar-refractivity contribution >= 4 is 26.8 Å². The van der Waals surface area contributed by atoms with Gasteiger partial charge in [-0.15, -0.1) is 0 Å². The number of hydroxylamine groups is 1. The molecule has 5 rings (SSSR count). The Hall–Kier alpha value is -4.08. The van der Waals surface area contributed by atoms with Crippen molar-refractivity contribution in [2.45, 2.75) is 37.7 Å². The topological polar surface area (TPSA) is 124 Å². The summed E-state index contributed by atoms with van der Waals surface area (Å²) in [4.78, 5) is 19.8. The van der Waals surface area contributed by atoms with Crippen molar-refractivity contribution in [2.24, 2.45) is 0 Å². The van der Waals surface area contributed by atoms with E-state index in [0.717, 1.165) is 22.2 Å². The number of benzene rings is 3. The first-order valence-corrected chi connectivity index (χ1v) is 16.0. The average Bonchev–Trinajstić information content (AvgIpc) is 3.06. The predicted octanol–water partition coefficient (Wildman–Crippen LogP) is 4.15. The van der Waals surface area contributed by atoms with Crippen LogP contribution in [0.1, 0.15) is 28.7 Å². The SMILES string of the molecule is Cc1cc(COc2ccc(S(=O)(=O)NCC(C(=O)NO)N3CCN(C(F)c4ccc(C)c(F)c4F)CC3)cc2)c2ccccc2n1. The van der Waals surface area contributed by atoms with E-state index in [4.69, 9.17) is 4.74 Å². The number of hydrogen-bond donors (Lipinski definition) is 3. The lowest BCUT2D eigenvalue weighted by atomic mass is 10.1. The van der Waals surface area contributed by atoms with Gasteiger partial charge in [-0.1, -0.05) is 30.3 Å². The molecule has 1 fully saturated rings. The Bertz CT molecular complexity index is 1820. The number of fused-ring (bicyclic) bond motifs is 1. The van der Waals surface area contributed by atoms with Gasteiger partial charge < -0.3 is 4.74 Å². The van der Waals surface area contributed by atoms with Crippen LogP contribution in [0.25, 0.3) is 10.9 Å². The lowest BCUT2D eigenvalue weighted by Gasteiger charge is -2.39. The van der Waals surface area contributed by atoms with E-state index in [9.17, 15) is 27.2 Å². The van der Waals surface area contributed by atoms with Crippen molar-refractivity contribution < 1.29 is 36.3 Å². The van der Waals surface area contributed by atoms with Crippen LogP contribution in [0.2, 0.25) is 0 Å². The van der Waals surface area contributed by atoms with E-state index in [-0.39, 0.29) is 43.2 Å². The van der Waals surface area contributed by atoms with Crippen molar-refractivity contribution in [1.29, 1.82) is 0 Å². The molecule has 1 aliphatic heterocycles. The van der Waals surface area contributed by atoms with E-state index >= 15 is 4.39 Å². The quantitative estimate of drug-likeness (QED) is 0.125. The molecule has 2 heterocycles. The summed E-state index contributed by atoms with van der Waals surface area (Å²) in [5.74, 6) is -2.77. The Kier molecular flexibility index (Phi) is 10.2. The number of ether oxygens (including phenoxy) is 1. The Morgan fingerprint density at radius 3 is 2.35 bits per heavy atom. The van der Waals surface area contributed by atoms with E-state index in [2.05, 4.69) is 9.71 Å². The van der Waals surface area contributed by atoms with Crippen LogP contribution in [-0.2, 0) is 21.4 Å². The number of piperazine rings is 1. The fourth-order valence-electron chi connectivity index (χ4n) is 5.44. The molecule has 244 valence electrons. The summed E-state index contributed by atoms with van der Waals surface area (Å²) in [7, 11) is -4.08. The lowest BCUT2D eigenvalue weighted by Crippen LogP contribution is -2.58. The van der Waals surface area contributed by atoms with Crippen LogP contribution < -0.4 is 14.9 Å². The second kappa shape index (κ2) is 14.1. The maximum Gasteiger partial charge on any atom is 0.262 e. The van der Waals surface area contributed by atoms with Gasteiger partial charge in [0.15, 0.2) is 17.9 Å². The number of carbonyl (C=O) groups excluding carboxylic acids is 1. The molecule has 1 aromatic heterocycles. The summed E-state index contributed by atoms with van der Waals surface area (Å²) >= 11 is 0. The van der Waals surface area contributed by atoms with Crippen molar-refractivity contribution in [1.82, 2.24) is 25.0 Å². The highest BCUT2D eigenvalue weighted by Gasteiger charge is 2.34. The third-order valence-corrected chi connectivity index (χ3v) is 9.45. The fourth-order valence-corrected chi connectivity index (χ4v) is 6.48. The van der Waals surface area contributed by atoms with Crippen molar-refractivity contribution in [2.75, 3.05) is 32.7 Å². The van der Waals surface area contributed by atoms with Gasteiger partial charge in [-0.3, -0.25) is 24.8 Å². The Labute approximate surface area is 264 Å². The number of hydrogen-bond acceptors (Lipinski definition) is 8. The van der Waals surface area contributed by atoms with Crippen molar-refractivity contribution in [3.05, 3.63) is 101 Å². The van der Waals surface area contributed by atoms with Gasteiger partial charge in [0.25, 0.3) is 5.91 Å². The van der Waals surface area contributed by atoms with Gasteiger partial charge in [0.05, 0.1) is 10.4 Å². The highest BCUT2D eigenvalue weighted by Crippen LogP contribution is 2.29. The molecule has 0 spiro atoms. The second-order valence-corrected chi connectivity index (χ2v) is 12.8. The standard InChI is InChI=1S/C32H34F3N5O5S/c1-20-7-12-26(30(34)29(20)33)31(35)40-15-13-39(14-16-40)28(32(41)38-42)18-36-46(43,44)24-10-8-23(9-11-24)45-19-22-17-21(2)37-27-6-4-3-5-25(22)27/h3-12,17,28,31,36,42H,13-16,18-19H2,1-2H3,(H,38,41). The first kappa shape index (κ1) is 33.3. The van der Waals surface area contributed by atoms with E-state index in [1.807, 2.05) is 37.3 Å². The highest BCUT2D eigenvalue weighted by molar-refractivity contribution is 7.89. The molecule has 10 nitrogen and oxygen atoms in total. The number of sulfonamides is 1. The molecule has 0 saturated carbocycles. The molecular formula is C32H34F3N5O5S. The number of carbonyl (C=O) groups is 1. The Morgan fingerprint density at radius 1 is 0.978 bits per heavy atom. The zero-order valence-electron chi connectivity index (χ0n) is 25.2. The van der Waals surface area contributed by atoms with Crippen LogP contribution >= 0.6 is 0 Å². The third kappa shape index (κ3) is 7.32. The number of aryl methyl sites for hydroxylation is 2. The van der Waals surface area contributed by atoms with Crippen molar-refractivity contribution in [3.8, 4) is 5.75 Å². The molecule has 2 atom stereocenters. The molecule has 3 aromatic carbocycles. The third-order valence-electron chi connectivity index (χ3n) is 8.01. The number of halogens is 3. The number of nitrogens with one attached hydrogen (secondary N) is 2. The van der Waals surface area contributed by atoms with Gasteiger partial charge in [-0.2, -0.15) is 0 Å².